The summed E-state index contributed by atoms with van der Waals surface area (Å²) in [6.07, 6.45) is 0.623. The Balaban J connectivity index is 2.15. The van der Waals surface area contributed by atoms with Crippen LogP contribution in [0.1, 0.15) is 34.8 Å². The number of ketones is 1. The molecule has 0 fully saturated rings. The smallest absolute Gasteiger partial charge is 0.194 e. The molecule has 0 saturated heterocycles. The van der Waals surface area contributed by atoms with Crippen LogP contribution in [0.15, 0.2) is 54.6 Å². The molecule has 0 bridgehead atoms. The van der Waals surface area contributed by atoms with Crippen LogP contribution in [0, 0.1) is 11.8 Å². The van der Waals surface area contributed by atoms with Crippen molar-refractivity contribution in [2.75, 3.05) is 5.75 Å². The minimum atomic E-state index is -0.0244. The molecule has 2 aromatic rings. The van der Waals surface area contributed by atoms with Crippen molar-refractivity contribution in [2.24, 2.45) is 0 Å². The van der Waals surface area contributed by atoms with Gasteiger partial charge < -0.3 is 0 Å². The lowest BCUT2D eigenvalue weighted by atomic mass is 9.98. The predicted octanol–water partition coefficient (Wildman–Crippen LogP) is 3.94. The van der Waals surface area contributed by atoms with Crippen LogP contribution in [-0.4, -0.2) is 16.7 Å². The summed E-state index contributed by atoms with van der Waals surface area (Å²) in [5, 5.41) is 0.0986. The molecule has 110 valence electrons. The maximum Gasteiger partial charge on any atom is 0.194 e. The number of thioether (sulfide) groups is 1. The first-order valence-corrected chi connectivity index (χ1v) is 7.98. The third-order valence-electron chi connectivity index (χ3n) is 2.96. The van der Waals surface area contributed by atoms with Crippen molar-refractivity contribution in [3.63, 3.8) is 0 Å². The topological polar surface area (TPSA) is 34.1 Å². The van der Waals surface area contributed by atoms with Gasteiger partial charge in [-0.1, -0.05) is 66.1 Å². The number of carbonyl (C=O) groups is 2. The van der Waals surface area contributed by atoms with Crippen molar-refractivity contribution in [3.05, 3.63) is 71.3 Å². The molecule has 22 heavy (non-hydrogen) atoms. The second-order valence-corrected chi connectivity index (χ2v) is 5.90. The van der Waals surface area contributed by atoms with Crippen LogP contribution < -0.4 is 0 Å². The fraction of sp³-hybridized carbons (Fsp3) is 0.158. The van der Waals surface area contributed by atoms with E-state index in [-0.39, 0.29) is 10.9 Å². The lowest BCUT2D eigenvalue weighted by Crippen LogP contribution is -2.03. The summed E-state index contributed by atoms with van der Waals surface area (Å²) < 4.78 is 0. The van der Waals surface area contributed by atoms with E-state index in [4.69, 9.17) is 0 Å². The summed E-state index contributed by atoms with van der Waals surface area (Å²) in [7, 11) is 0. The van der Waals surface area contributed by atoms with Crippen molar-refractivity contribution in [1.29, 1.82) is 0 Å². The Morgan fingerprint density at radius 3 is 2.41 bits per heavy atom. The zero-order chi connectivity index (χ0) is 15.8. The lowest BCUT2D eigenvalue weighted by molar-refractivity contribution is -0.109. The first-order chi connectivity index (χ1) is 10.7. The molecule has 0 saturated carbocycles. The highest BCUT2D eigenvalue weighted by Crippen LogP contribution is 2.14. The summed E-state index contributed by atoms with van der Waals surface area (Å²) in [5.41, 5.74) is 1.99. The molecule has 2 aromatic carbocycles. The first-order valence-electron chi connectivity index (χ1n) is 6.99. The fourth-order valence-electron chi connectivity index (χ4n) is 1.94. The highest BCUT2D eigenvalue weighted by Gasteiger charge is 2.11. The molecule has 0 radical (unpaired) electrons. The summed E-state index contributed by atoms with van der Waals surface area (Å²) in [6, 6.07) is 16.5. The van der Waals surface area contributed by atoms with E-state index < -0.39 is 0 Å². The number of carbonyl (C=O) groups excluding carboxylic acids is 2. The quantitative estimate of drug-likeness (QED) is 0.487. The van der Waals surface area contributed by atoms with Crippen LogP contribution >= 0.6 is 11.8 Å². The minimum Gasteiger partial charge on any atom is -0.289 e. The molecule has 0 spiro atoms. The van der Waals surface area contributed by atoms with Gasteiger partial charge in [-0.25, -0.2) is 0 Å². The van der Waals surface area contributed by atoms with E-state index in [9.17, 15) is 9.59 Å². The van der Waals surface area contributed by atoms with Crippen LogP contribution in [0.4, 0.5) is 0 Å². The van der Waals surface area contributed by atoms with Gasteiger partial charge in [-0.3, -0.25) is 9.59 Å². The van der Waals surface area contributed by atoms with Crippen LogP contribution in [0.25, 0.3) is 0 Å². The van der Waals surface area contributed by atoms with Gasteiger partial charge in [0.1, 0.15) is 0 Å². The molecule has 0 aliphatic heterocycles. The van der Waals surface area contributed by atoms with Crippen molar-refractivity contribution in [1.82, 2.24) is 0 Å². The Labute approximate surface area is 134 Å². The first kappa shape index (κ1) is 16.1. The predicted molar refractivity (Wildman–Crippen MR) is 91.0 cm³/mol. The Hall–Kier alpha value is -2.31. The average Bonchev–Trinajstić information content (AvgIpc) is 2.55. The number of hydrogen-bond donors (Lipinski definition) is 0. The SMILES string of the molecule is CC(=O)SCCC#Cc1ccccc1C(=O)c1ccccc1. The molecular formula is C19H16O2S. The zero-order valence-electron chi connectivity index (χ0n) is 12.3. The monoisotopic (exact) mass is 308 g/mol. The van der Waals surface area contributed by atoms with Crippen molar-refractivity contribution in [3.8, 4) is 11.8 Å². The highest BCUT2D eigenvalue weighted by molar-refractivity contribution is 8.13. The Morgan fingerprint density at radius 2 is 1.68 bits per heavy atom. The molecule has 2 rings (SSSR count). The van der Waals surface area contributed by atoms with E-state index >= 15 is 0 Å². The third kappa shape index (κ3) is 4.61. The van der Waals surface area contributed by atoms with E-state index in [2.05, 4.69) is 11.8 Å². The maximum atomic E-state index is 12.5. The van der Waals surface area contributed by atoms with Gasteiger partial charge in [0.15, 0.2) is 10.9 Å². The van der Waals surface area contributed by atoms with Crippen molar-refractivity contribution >= 4 is 22.7 Å². The van der Waals surface area contributed by atoms with E-state index in [1.54, 1.807) is 25.1 Å². The number of rotatable bonds is 4. The van der Waals surface area contributed by atoms with Crippen molar-refractivity contribution < 1.29 is 9.59 Å². The summed E-state index contributed by atoms with van der Waals surface area (Å²) in [6.45, 7) is 1.55. The summed E-state index contributed by atoms with van der Waals surface area (Å²) in [4.78, 5) is 23.4. The highest BCUT2D eigenvalue weighted by atomic mass is 32.2. The Kier molecular flexibility index (Phi) is 6.00. The molecule has 3 heteroatoms. The second kappa shape index (κ2) is 8.21. The normalized spacial score (nSPS) is 9.68. The zero-order valence-corrected chi connectivity index (χ0v) is 13.2. The second-order valence-electron chi connectivity index (χ2n) is 4.63. The molecule has 0 atom stereocenters. The van der Waals surface area contributed by atoms with Gasteiger partial charge in [0.25, 0.3) is 0 Å². The Morgan fingerprint density at radius 1 is 1.00 bits per heavy atom. The van der Waals surface area contributed by atoms with Crippen LogP contribution in [0.3, 0.4) is 0 Å². The van der Waals surface area contributed by atoms with Crippen molar-refractivity contribution in [2.45, 2.75) is 13.3 Å². The fourth-order valence-corrected chi connectivity index (χ4v) is 2.43. The molecule has 0 heterocycles. The van der Waals surface area contributed by atoms with E-state index in [1.807, 2.05) is 36.4 Å². The molecule has 0 N–H and O–H groups in total. The van der Waals surface area contributed by atoms with Gasteiger partial charge >= 0.3 is 0 Å². The maximum absolute atomic E-state index is 12.5. The van der Waals surface area contributed by atoms with Gasteiger partial charge in [0, 0.05) is 35.8 Å². The van der Waals surface area contributed by atoms with Gasteiger partial charge in [-0.05, 0) is 12.1 Å². The average molecular weight is 308 g/mol. The molecule has 0 amide bonds. The third-order valence-corrected chi connectivity index (χ3v) is 3.78. The Bertz CT molecular complexity index is 724. The molecule has 0 unspecified atom stereocenters. The molecule has 0 aliphatic carbocycles. The van der Waals surface area contributed by atoms with E-state index in [1.165, 1.54) is 11.8 Å². The van der Waals surface area contributed by atoms with Gasteiger partial charge in [0.05, 0.1) is 0 Å². The molecular weight excluding hydrogens is 292 g/mol. The number of benzene rings is 2. The van der Waals surface area contributed by atoms with E-state index in [0.29, 0.717) is 23.3 Å². The van der Waals surface area contributed by atoms with Gasteiger partial charge in [0.2, 0.25) is 0 Å². The summed E-state index contributed by atoms with van der Waals surface area (Å²) >= 11 is 1.27. The standard InChI is InChI=1S/C19H16O2S/c1-15(20)22-14-8-7-10-16-9-5-6-13-18(16)19(21)17-11-3-2-4-12-17/h2-6,9,11-13H,8,14H2,1H3. The van der Waals surface area contributed by atoms with Gasteiger partial charge in [-0.15, -0.1) is 0 Å². The molecule has 2 nitrogen and oxygen atoms in total. The minimum absolute atomic E-state index is 0.0244. The van der Waals surface area contributed by atoms with Crippen LogP contribution in [0.5, 0.6) is 0 Å². The molecule has 0 aliphatic rings. The van der Waals surface area contributed by atoms with E-state index in [0.717, 1.165) is 5.56 Å². The van der Waals surface area contributed by atoms with Crippen LogP contribution in [-0.2, 0) is 4.79 Å². The van der Waals surface area contributed by atoms with Gasteiger partial charge in [-0.2, -0.15) is 0 Å². The lowest BCUT2D eigenvalue weighted by Gasteiger charge is -2.03. The van der Waals surface area contributed by atoms with Crippen LogP contribution in [0.2, 0.25) is 0 Å². The summed E-state index contributed by atoms with van der Waals surface area (Å²) in [5.74, 6) is 6.72. The number of hydrogen-bond acceptors (Lipinski definition) is 3. The molecule has 0 aromatic heterocycles. The largest absolute Gasteiger partial charge is 0.289 e.